The first kappa shape index (κ1) is 12.4. The van der Waals surface area contributed by atoms with E-state index in [2.05, 4.69) is 0 Å². The predicted molar refractivity (Wildman–Crippen MR) is 60.3 cm³/mol. The fourth-order valence-electron chi connectivity index (χ4n) is 2.64. The van der Waals surface area contributed by atoms with Gasteiger partial charge < -0.3 is 5.73 Å². The van der Waals surface area contributed by atoms with Crippen LogP contribution in [0.3, 0.4) is 0 Å². The molecule has 0 spiro atoms. The molecule has 0 unspecified atom stereocenters. The maximum atomic E-state index is 13.5. The van der Waals surface area contributed by atoms with E-state index < -0.39 is 23.3 Å². The summed E-state index contributed by atoms with van der Waals surface area (Å²) in [7, 11) is 0. The molecular weight excluding hydrogens is 227 g/mol. The molecule has 0 radical (unpaired) electrons. The number of hydrogen-bond donors (Lipinski definition) is 1. The minimum atomic E-state index is -2.81. The van der Waals surface area contributed by atoms with Crippen molar-refractivity contribution in [1.29, 1.82) is 0 Å². The monoisotopic (exact) mass is 243 g/mol. The Hall–Kier alpha value is -1.03. The highest BCUT2D eigenvalue weighted by Crippen LogP contribution is 2.39. The van der Waals surface area contributed by atoms with Gasteiger partial charge in [0.15, 0.2) is 0 Å². The van der Waals surface area contributed by atoms with Crippen LogP contribution in [-0.2, 0) is 5.54 Å². The second kappa shape index (κ2) is 4.69. The molecule has 0 saturated heterocycles. The predicted octanol–water partition coefficient (Wildman–Crippen LogP) is 3.88. The molecule has 1 fully saturated rings. The second-order valence-electron chi connectivity index (χ2n) is 4.72. The first-order valence-electron chi connectivity index (χ1n) is 5.90. The van der Waals surface area contributed by atoms with Crippen molar-refractivity contribution in [2.45, 2.75) is 44.1 Å². The molecule has 0 heterocycles. The average molecular weight is 243 g/mol. The quantitative estimate of drug-likeness (QED) is 0.838. The van der Waals surface area contributed by atoms with Crippen LogP contribution in [0.2, 0.25) is 0 Å². The van der Waals surface area contributed by atoms with E-state index in [0.29, 0.717) is 12.8 Å². The molecule has 94 valence electrons. The molecule has 0 bridgehead atoms. The van der Waals surface area contributed by atoms with Gasteiger partial charge in [-0.25, -0.2) is 13.2 Å². The maximum Gasteiger partial charge on any atom is 0.267 e. The molecule has 1 aromatic rings. The summed E-state index contributed by atoms with van der Waals surface area (Å²) in [6.45, 7) is 0. The molecule has 1 saturated carbocycles. The highest BCUT2D eigenvalue weighted by atomic mass is 19.3. The Morgan fingerprint density at radius 1 is 1.12 bits per heavy atom. The fraction of sp³-hybridized carbons (Fsp3) is 0.538. The van der Waals surface area contributed by atoms with Gasteiger partial charge in [0.05, 0.1) is 5.56 Å². The minimum Gasteiger partial charge on any atom is -0.321 e. The number of hydrogen-bond acceptors (Lipinski definition) is 1. The minimum absolute atomic E-state index is 0.284. The highest BCUT2D eigenvalue weighted by molar-refractivity contribution is 5.36. The molecule has 0 amide bonds. The molecule has 0 aromatic heterocycles. The Labute approximate surface area is 98.8 Å². The molecule has 1 aromatic carbocycles. The Balaban J connectivity index is 2.46. The van der Waals surface area contributed by atoms with Crippen LogP contribution in [0.25, 0.3) is 0 Å². The van der Waals surface area contributed by atoms with Crippen molar-refractivity contribution >= 4 is 0 Å². The molecule has 2 N–H and O–H groups in total. The lowest BCUT2D eigenvalue weighted by atomic mass is 9.76. The van der Waals surface area contributed by atoms with Gasteiger partial charge in [0.25, 0.3) is 6.43 Å². The van der Waals surface area contributed by atoms with Gasteiger partial charge in [-0.15, -0.1) is 0 Å². The van der Waals surface area contributed by atoms with E-state index in [-0.39, 0.29) is 5.56 Å². The van der Waals surface area contributed by atoms with Gasteiger partial charge in [-0.05, 0) is 24.5 Å². The van der Waals surface area contributed by atoms with Gasteiger partial charge in [-0.1, -0.05) is 31.4 Å². The summed E-state index contributed by atoms with van der Waals surface area (Å²) in [5.41, 5.74) is 5.17. The van der Waals surface area contributed by atoms with Crippen LogP contribution in [0, 0.1) is 5.82 Å². The summed E-state index contributed by atoms with van der Waals surface area (Å²) >= 11 is 0. The Morgan fingerprint density at radius 2 is 1.76 bits per heavy atom. The molecule has 2 rings (SSSR count). The molecular formula is C13H16F3N. The third-order valence-corrected chi connectivity index (χ3v) is 3.55. The van der Waals surface area contributed by atoms with Gasteiger partial charge >= 0.3 is 0 Å². The van der Waals surface area contributed by atoms with Crippen LogP contribution in [0.4, 0.5) is 13.2 Å². The molecule has 0 aliphatic heterocycles. The van der Waals surface area contributed by atoms with Crippen molar-refractivity contribution in [3.63, 3.8) is 0 Å². The highest BCUT2D eigenvalue weighted by Gasteiger charge is 2.34. The van der Waals surface area contributed by atoms with Crippen molar-refractivity contribution < 1.29 is 13.2 Å². The van der Waals surface area contributed by atoms with Crippen molar-refractivity contribution in [2.24, 2.45) is 5.73 Å². The third kappa shape index (κ3) is 2.32. The summed E-state index contributed by atoms with van der Waals surface area (Å²) in [5, 5.41) is 0. The van der Waals surface area contributed by atoms with Crippen LogP contribution < -0.4 is 5.73 Å². The van der Waals surface area contributed by atoms with E-state index in [9.17, 15) is 13.2 Å². The summed E-state index contributed by atoms with van der Waals surface area (Å²) in [4.78, 5) is 0. The summed E-state index contributed by atoms with van der Waals surface area (Å²) in [6, 6.07) is 4.06. The Bertz CT molecular complexity index is 398. The molecule has 1 aliphatic rings. The Morgan fingerprint density at radius 3 is 2.35 bits per heavy atom. The van der Waals surface area contributed by atoms with Crippen molar-refractivity contribution in [2.75, 3.05) is 0 Å². The van der Waals surface area contributed by atoms with E-state index in [0.717, 1.165) is 25.3 Å². The molecule has 1 aliphatic carbocycles. The molecule has 4 heteroatoms. The molecule has 17 heavy (non-hydrogen) atoms. The van der Waals surface area contributed by atoms with Crippen molar-refractivity contribution in [3.8, 4) is 0 Å². The van der Waals surface area contributed by atoms with Crippen LogP contribution in [0.15, 0.2) is 18.2 Å². The van der Waals surface area contributed by atoms with Crippen LogP contribution in [0.1, 0.15) is 49.7 Å². The summed E-state index contributed by atoms with van der Waals surface area (Å²) in [5.74, 6) is -0.854. The lowest BCUT2D eigenvalue weighted by Crippen LogP contribution is -2.39. The van der Waals surface area contributed by atoms with Crippen LogP contribution >= 0.6 is 0 Å². The van der Waals surface area contributed by atoms with Gasteiger partial charge in [0, 0.05) is 5.54 Å². The van der Waals surface area contributed by atoms with E-state index in [1.54, 1.807) is 0 Å². The summed E-state index contributed by atoms with van der Waals surface area (Å²) < 4.78 is 39.3. The van der Waals surface area contributed by atoms with Gasteiger partial charge in [0.1, 0.15) is 5.82 Å². The molecule has 0 atom stereocenters. The van der Waals surface area contributed by atoms with E-state index >= 15 is 0 Å². The number of nitrogens with two attached hydrogens (primary N) is 1. The Kier molecular flexibility index (Phi) is 3.43. The third-order valence-electron chi connectivity index (χ3n) is 3.55. The number of benzene rings is 1. The van der Waals surface area contributed by atoms with Gasteiger partial charge in [0.2, 0.25) is 0 Å². The zero-order chi connectivity index (χ0) is 12.5. The van der Waals surface area contributed by atoms with Crippen LogP contribution in [-0.4, -0.2) is 0 Å². The first-order chi connectivity index (χ1) is 8.04. The van der Waals surface area contributed by atoms with E-state index in [1.807, 2.05) is 0 Å². The van der Waals surface area contributed by atoms with Gasteiger partial charge in [-0.3, -0.25) is 0 Å². The summed E-state index contributed by atoms with van der Waals surface area (Å²) in [6.07, 6.45) is 1.38. The van der Waals surface area contributed by atoms with Crippen LogP contribution in [0.5, 0.6) is 0 Å². The largest absolute Gasteiger partial charge is 0.321 e. The lowest BCUT2D eigenvalue weighted by molar-refractivity contribution is 0.141. The number of alkyl halides is 2. The van der Waals surface area contributed by atoms with Crippen molar-refractivity contribution in [1.82, 2.24) is 0 Å². The fourth-order valence-corrected chi connectivity index (χ4v) is 2.64. The van der Waals surface area contributed by atoms with E-state index in [1.165, 1.54) is 12.1 Å². The average Bonchev–Trinajstić information content (AvgIpc) is 2.29. The normalized spacial score (nSPS) is 19.6. The zero-order valence-electron chi connectivity index (χ0n) is 9.56. The standard InChI is InChI=1S/C13H16F3N/c14-10-6-4-5-9(11(10)12(15)16)13(17)7-2-1-3-8-13/h4-6,12H,1-3,7-8,17H2. The first-order valence-corrected chi connectivity index (χ1v) is 5.90. The zero-order valence-corrected chi connectivity index (χ0v) is 9.56. The smallest absolute Gasteiger partial charge is 0.267 e. The SMILES string of the molecule is NC1(c2cccc(F)c2C(F)F)CCCCC1. The molecule has 1 nitrogen and oxygen atoms in total. The maximum absolute atomic E-state index is 13.5. The van der Waals surface area contributed by atoms with Crippen molar-refractivity contribution in [3.05, 3.63) is 35.1 Å². The van der Waals surface area contributed by atoms with Gasteiger partial charge in [-0.2, -0.15) is 0 Å². The second-order valence-corrected chi connectivity index (χ2v) is 4.72. The lowest BCUT2D eigenvalue weighted by Gasteiger charge is -2.35. The number of halogens is 3. The van der Waals surface area contributed by atoms with E-state index in [4.69, 9.17) is 5.73 Å². The number of rotatable bonds is 2. The topological polar surface area (TPSA) is 26.0 Å².